The highest BCUT2D eigenvalue weighted by Crippen LogP contribution is 2.18. The highest BCUT2D eigenvalue weighted by Gasteiger charge is 2.45. The first-order valence-corrected chi connectivity index (χ1v) is 5.52. The Bertz CT molecular complexity index is 313. The summed E-state index contributed by atoms with van der Waals surface area (Å²) < 4.78 is 22.1. The molecule has 1 heterocycles. The fourth-order valence-electron chi connectivity index (χ4n) is 1.25. The van der Waals surface area contributed by atoms with Crippen LogP contribution in [0.2, 0.25) is 0 Å². The first-order chi connectivity index (χ1) is 5.88. The van der Waals surface area contributed by atoms with Crippen molar-refractivity contribution >= 4 is 15.9 Å². The van der Waals surface area contributed by atoms with Crippen LogP contribution in [0.3, 0.4) is 0 Å². The normalized spacial score (nSPS) is 30.8. The molecule has 1 rings (SSSR count). The van der Waals surface area contributed by atoms with Gasteiger partial charge in [0.1, 0.15) is 0 Å². The predicted octanol–water partition coefficient (Wildman–Crippen LogP) is -1.77. The first-order valence-electron chi connectivity index (χ1n) is 3.97. The van der Waals surface area contributed by atoms with Crippen LogP contribution >= 0.6 is 0 Å². The number of nitrogens with one attached hydrogen (secondary N) is 1. The summed E-state index contributed by atoms with van der Waals surface area (Å²) in [6.07, 6.45) is 1.38. The van der Waals surface area contributed by atoms with Gasteiger partial charge in [0.2, 0.25) is 14.9 Å². The number of carbonyl (C=O) groups excluding carboxylic acids is 1. The quantitative estimate of drug-likeness (QED) is 0.472. The largest absolute Gasteiger partial charge is 0.354 e. The van der Waals surface area contributed by atoms with E-state index in [-0.39, 0.29) is 6.42 Å². The summed E-state index contributed by atoms with van der Waals surface area (Å²) in [6, 6.07) is 0. The van der Waals surface area contributed by atoms with Gasteiger partial charge in [0, 0.05) is 6.54 Å². The summed E-state index contributed by atoms with van der Waals surface area (Å²) in [5, 5.41) is 7.31. The molecule has 5 N–H and O–H groups in total. The van der Waals surface area contributed by atoms with E-state index in [0.29, 0.717) is 13.0 Å². The Morgan fingerprint density at radius 3 is 2.54 bits per heavy atom. The van der Waals surface area contributed by atoms with Gasteiger partial charge in [-0.3, -0.25) is 4.79 Å². The molecule has 0 saturated carbocycles. The zero-order valence-electron chi connectivity index (χ0n) is 7.12. The van der Waals surface area contributed by atoms with Gasteiger partial charge in [0.15, 0.2) is 0 Å². The van der Waals surface area contributed by atoms with Crippen molar-refractivity contribution in [3.05, 3.63) is 0 Å². The molecule has 7 heteroatoms. The molecule has 0 aliphatic carbocycles. The Hall–Kier alpha value is -0.660. The fraction of sp³-hybridized carbons (Fsp3) is 0.833. The number of amides is 1. The molecule has 1 amide bonds. The van der Waals surface area contributed by atoms with Crippen LogP contribution in [-0.2, 0) is 14.8 Å². The number of primary sulfonamides is 1. The lowest BCUT2D eigenvalue weighted by Gasteiger charge is -2.22. The Morgan fingerprint density at radius 2 is 2.00 bits per heavy atom. The van der Waals surface area contributed by atoms with E-state index in [2.05, 4.69) is 5.32 Å². The standard InChI is InChI=1S/C6H13N3O3S/c7-6(13(8,11)12)3-1-2-4-9-5(6)10/h1-4,7H2,(H,9,10)(H2,8,11,12). The number of hydrogen-bond acceptors (Lipinski definition) is 4. The lowest BCUT2D eigenvalue weighted by molar-refractivity contribution is -0.123. The minimum atomic E-state index is -4.03. The van der Waals surface area contributed by atoms with Crippen LogP contribution in [-0.4, -0.2) is 25.7 Å². The van der Waals surface area contributed by atoms with Gasteiger partial charge in [-0.05, 0) is 19.3 Å². The smallest absolute Gasteiger partial charge is 0.257 e. The Morgan fingerprint density at radius 1 is 1.38 bits per heavy atom. The SMILES string of the molecule is NC1(S(N)(=O)=O)CCCCNC1=O. The van der Waals surface area contributed by atoms with Gasteiger partial charge in [0.05, 0.1) is 0 Å². The van der Waals surface area contributed by atoms with Crippen LogP contribution in [0.25, 0.3) is 0 Å². The molecule has 76 valence electrons. The van der Waals surface area contributed by atoms with E-state index in [1.54, 1.807) is 0 Å². The summed E-state index contributed by atoms with van der Waals surface area (Å²) >= 11 is 0. The molecule has 1 fully saturated rings. The van der Waals surface area contributed by atoms with Gasteiger partial charge in [-0.1, -0.05) is 0 Å². The molecule has 0 bridgehead atoms. The first kappa shape index (κ1) is 10.4. The maximum absolute atomic E-state index is 11.3. The number of rotatable bonds is 1. The highest BCUT2D eigenvalue weighted by atomic mass is 32.2. The monoisotopic (exact) mass is 207 g/mol. The third-order valence-corrected chi connectivity index (χ3v) is 3.56. The summed E-state index contributed by atoms with van der Waals surface area (Å²) in [7, 11) is -4.03. The third-order valence-electron chi connectivity index (χ3n) is 2.15. The fourth-order valence-corrected chi connectivity index (χ4v) is 2.01. The molecule has 1 aliphatic rings. The van der Waals surface area contributed by atoms with Crippen LogP contribution in [0.15, 0.2) is 0 Å². The number of nitrogens with two attached hydrogens (primary N) is 2. The van der Waals surface area contributed by atoms with E-state index < -0.39 is 20.8 Å². The second-order valence-electron chi connectivity index (χ2n) is 3.15. The van der Waals surface area contributed by atoms with Gasteiger partial charge >= 0.3 is 0 Å². The van der Waals surface area contributed by atoms with E-state index >= 15 is 0 Å². The molecule has 1 aliphatic heterocycles. The van der Waals surface area contributed by atoms with Crippen molar-refractivity contribution in [3.63, 3.8) is 0 Å². The van der Waals surface area contributed by atoms with Gasteiger partial charge in [-0.25, -0.2) is 13.6 Å². The van der Waals surface area contributed by atoms with Crippen molar-refractivity contribution in [1.29, 1.82) is 0 Å². The van der Waals surface area contributed by atoms with Crippen LogP contribution in [0.1, 0.15) is 19.3 Å². The molecule has 0 aromatic heterocycles. The molecule has 0 spiro atoms. The molecule has 1 unspecified atom stereocenters. The summed E-state index contributed by atoms with van der Waals surface area (Å²) in [6.45, 7) is 0.452. The molecular weight excluding hydrogens is 194 g/mol. The maximum atomic E-state index is 11.3. The average molecular weight is 207 g/mol. The average Bonchev–Trinajstić information content (AvgIpc) is 2.14. The van der Waals surface area contributed by atoms with Crippen LogP contribution in [0.5, 0.6) is 0 Å². The molecule has 0 aromatic rings. The van der Waals surface area contributed by atoms with E-state index in [1.807, 2.05) is 0 Å². The van der Waals surface area contributed by atoms with Crippen molar-refractivity contribution in [2.24, 2.45) is 10.9 Å². The summed E-state index contributed by atoms with van der Waals surface area (Å²) in [4.78, 5) is 9.35. The van der Waals surface area contributed by atoms with Gasteiger partial charge in [-0.15, -0.1) is 0 Å². The van der Waals surface area contributed by atoms with E-state index in [4.69, 9.17) is 10.9 Å². The number of carbonyl (C=O) groups is 1. The van der Waals surface area contributed by atoms with Crippen LogP contribution in [0, 0.1) is 0 Å². The molecule has 0 aromatic carbocycles. The van der Waals surface area contributed by atoms with Gasteiger partial charge < -0.3 is 11.1 Å². The molecule has 0 radical (unpaired) electrons. The van der Waals surface area contributed by atoms with Crippen LogP contribution in [0.4, 0.5) is 0 Å². The molecule has 1 atom stereocenters. The highest BCUT2D eigenvalue weighted by molar-refractivity contribution is 7.91. The molecule has 1 saturated heterocycles. The van der Waals surface area contributed by atoms with E-state index in [1.165, 1.54) is 0 Å². The van der Waals surface area contributed by atoms with Crippen LogP contribution < -0.4 is 16.2 Å². The summed E-state index contributed by atoms with van der Waals surface area (Å²) in [5.41, 5.74) is 5.45. The zero-order valence-corrected chi connectivity index (χ0v) is 7.93. The lowest BCUT2D eigenvalue weighted by Crippen LogP contribution is -2.60. The Labute approximate surface area is 76.7 Å². The number of hydrogen-bond donors (Lipinski definition) is 3. The minimum absolute atomic E-state index is 0.0810. The van der Waals surface area contributed by atoms with Crippen molar-refractivity contribution in [2.45, 2.75) is 24.1 Å². The second-order valence-corrected chi connectivity index (χ2v) is 4.97. The maximum Gasteiger partial charge on any atom is 0.257 e. The lowest BCUT2D eigenvalue weighted by atomic mass is 10.1. The number of sulfonamides is 1. The van der Waals surface area contributed by atoms with Gasteiger partial charge in [-0.2, -0.15) is 0 Å². The Kier molecular flexibility index (Phi) is 2.60. The third kappa shape index (κ3) is 1.82. The predicted molar refractivity (Wildman–Crippen MR) is 46.9 cm³/mol. The van der Waals surface area contributed by atoms with E-state index in [9.17, 15) is 13.2 Å². The molecule has 13 heavy (non-hydrogen) atoms. The molecule has 6 nitrogen and oxygen atoms in total. The van der Waals surface area contributed by atoms with Crippen molar-refractivity contribution < 1.29 is 13.2 Å². The Balaban J connectivity index is 3.04. The topological polar surface area (TPSA) is 115 Å². The second kappa shape index (κ2) is 3.24. The zero-order chi connectivity index (χ0) is 10.1. The van der Waals surface area contributed by atoms with Crippen molar-refractivity contribution in [1.82, 2.24) is 5.32 Å². The van der Waals surface area contributed by atoms with E-state index in [0.717, 1.165) is 6.42 Å². The van der Waals surface area contributed by atoms with Crippen molar-refractivity contribution in [3.8, 4) is 0 Å². The summed E-state index contributed by atoms with van der Waals surface area (Å²) in [5.74, 6) is -0.701. The van der Waals surface area contributed by atoms with Gasteiger partial charge in [0.25, 0.3) is 5.91 Å². The minimum Gasteiger partial charge on any atom is -0.354 e. The molecular formula is C6H13N3O3S. The van der Waals surface area contributed by atoms with Crippen molar-refractivity contribution in [2.75, 3.05) is 6.54 Å².